The van der Waals surface area contributed by atoms with Gasteiger partial charge < -0.3 is 28.6 Å². The molecule has 182 valence electrons. The molecule has 4 rings (SSSR count). The number of aromatic nitrogens is 1. The fraction of sp³-hybridized carbons (Fsp3) is 0.240. The van der Waals surface area contributed by atoms with E-state index in [9.17, 15) is 14.7 Å². The second kappa shape index (κ2) is 9.41. The van der Waals surface area contributed by atoms with Crippen LogP contribution in [-0.4, -0.2) is 50.4 Å². The molecule has 2 heterocycles. The fourth-order valence-electron chi connectivity index (χ4n) is 4.02. The highest BCUT2D eigenvalue weighted by molar-refractivity contribution is 6.51. The summed E-state index contributed by atoms with van der Waals surface area (Å²) < 4.78 is 26.6. The van der Waals surface area contributed by atoms with Gasteiger partial charge in [0.05, 0.1) is 34.0 Å². The summed E-state index contributed by atoms with van der Waals surface area (Å²) in [6.45, 7) is 1.66. The Hall–Kier alpha value is -4.47. The highest BCUT2D eigenvalue weighted by Crippen LogP contribution is 2.46. The number of amides is 1. The average Bonchev–Trinajstić information content (AvgIpc) is 3.42. The third-order valence-corrected chi connectivity index (χ3v) is 5.70. The SMILES string of the molecule is COc1ccc(OC)c(C2C(=C(O)c3ccc(OC)c(OC)c3)C(=O)C(=O)N2c2cc(C)on2)c1. The first-order valence-corrected chi connectivity index (χ1v) is 10.5. The Morgan fingerprint density at radius 2 is 1.60 bits per heavy atom. The Balaban J connectivity index is 2.00. The summed E-state index contributed by atoms with van der Waals surface area (Å²) in [6.07, 6.45) is 0. The number of methoxy groups -OCH3 is 4. The van der Waals surface area contributed by atoms with Crippen LogP contribution < -0.4 is 23.8 Å². The maximum Gasteiger partial charge on any atom is 0.301 e. The first-order valence-electron chi connectivity index (χ1n) is 10.5. The molecule has 1 aliphatic heterocycles. The fourth-order valence-corrected chi connectivity index (χ4v) is 4.02. The lowest BCUT2D eigenvalue weighted by atomic mass is 9.94. The topological polar surface area (TPSA) is 121 Å². The summed E-state index contributed by atoms with van der Waals surface area (Å²) in [6, 6.07) is 10.1. The lowest BCUT2D eigenvalue weighted by Crippen LogP contribution is -2.30. The van der Waals surface area contributed by atoms with E-state index < -0.39 is 23.5 Å². The molecule has 0 radical (unpaired) electrons. The lowest BCUT2D eigenvalue weighted by molar-refractivity contribution is -0.132. The normalized spacial score (nSPS) is 16.9. The first kappa shape index (κ1) is 23.7. The summed E-state index contributed by atoms with van der Waals surface area (Å²) in [7, 11) is 5.89. The van der Waals surface area contributed by atoms with Crippen molar-refractivity contribution in [3.8, 4) is 23.0 Å². The van der Waals surface area contributed by atoms with E-state index in [1.807, 2.05) is 0 Å². The predicted octanol–water partition coefficient (Wildman–Crippen LogP) is 3.64. The Bertz CT molecular complexity index is 1330. The number of Topliss-reactive ketones (excluding diaryl/α,β-unsaturated/α-hetero) is 1. The Kier molecular flexibility index (Phi) is 6.37. The molecule has 1 fully saturated rings. The molecule has 1 aromatic heterocycles. The van der Waals surface area contributed by atoms with E-state index in [0.29, 0.717) is 34.3 Å². The molecule has 1 saturated heterocycles. The van der Waals surface area contributed by atoms with Crippen LogP contribution >= 0.6 is 0 Å². The highest BCUT2D eigenvalue weighted by atomic mass is 16.5. The van der Waals surface area contributed by atoms with Gasteiger partial charge in [-0.2, -0.15) is 0 Å². The Morgan fingerprint density at radius 3 is 2.20 bits per heavy atom. The number of hydrogen-bond donors (Lipinski definition) is 1. The summed E-state index contributed by atoms with van der Waals surface area (Å²) >= 11 is 0. The van der Waals surface area contributed by atoms with E-state index >= 15 is 0 Å². The van der Waals surface area contributed by atoms with Crippen LogP contribution in [0, 0.1) is 6.92 Å². The monoisotopic (exact) mass is 480 g/mol. The third-order valence-electron chi connectivity index (χ3n) is 5.70. The number of carbonyl (C=O) groups excluding carboxylic acids is 2. The van der Waals surface area contributed by atoms with Gasteiger partial charge in [0.2, 0.25) is 0 Å². The molecule has 0 bridgehead atoms. The number of hydrogen-bond acceptors (Lipinski definition) is 9. The van der Waals surface area contributed by atoms with E-state index in [-0.39, 0.29) is 17.0 Å². The first-order chi connectivity index (χ1) is 16.8. The molecule has 3 aromatic rings. The molecule has 10 nitrogen and oxygen atoms in total. The van der Waals surface area contributed by atoms with Crippen molar-refractivity contribution in [1.29, 1.82) is 0 Å². The zero-order valence-electron chi connectivity index (χ0n) is 19.8. The van der Waals surface area contributed by atoms with Crippen LogP contribution in [0.5, 0.6) is 23.0 Å². The van der Waals surface area contributed by atoms with Crippen molar-refractivity contribution in [3.05, 3.63) is 64.9 Å². The zero-order valence-corrected chi connectivity index (χ0v) is 19.8. The van der Waals surface area contributed by atoms with E-state index in [2.05, 4.69) is 5.16 Å². The summed E-state index contributed by atoms with van der Waals surface area (Å²) in [5.41, 5.74) is 0.506. The number of nitrogens with zero attached hydrogens (tertiary/aromatic N) is 2. The third kappa shape index (κ3) is 4.03. The predicted molar refractivity (Wildman–Crippen MR) is 125 cm³/mol. The van der Waals surface area contributed by atoms with Crippen LogP contribution in [-0.2, 0) is 9.59 Å². The van der Waals surface area contributed by atoms with Gasteiger partial charge in [0.25, 0.3) is 5.78 Å². The van der Waals surface area contributed by atoms with Crippen molar-refractivity contribution >= 4 is 23.3 Å². The van der Waals surface area contributed by atoms with Crippen LogP contribution in [0.3, 0.4) is 0 Å². The maximum atomic E-state index is 13.3. The molecular formula is C25H24N2O8. The number of benzene rings is 2. The molecule has 0 aliphatic carbocycles. The minimum absolute atomic E-state index is 0.117. The smallest absolute Gasteiger partial charge is 0.301 e. The van der Waals surface area contributed by atoms with E-state index in [4.69, 9.17) is 23.5 Å². The van der Waals surface area contributed by atoms with Crippen LogP contribution in [0.4, 0.5) is 5.82 Å². The lowest BCUT2D eigenvalue weighted by Gasteiger charge is -2.25. The number of aryl methyl sites for hydroxylation is 1. The van der Waals surface area contributed by atoms with Gasteiger partial charge in [0, 0.05) is 17.2 Å². The Labute approximate surface area is 201 Å². The van der Waals surface area contributed by atoms with Crippen LogP contribution in [0.15, 0.2) is 52.6 Å². The molecule has 1 aliphatic rings. The summed E-state index contributed by atoms with van der Waals surface area (Å²) in [5, 5.41) is 15.3. The molecule has 35 heavy (non-hydrogen) atoms. The molecule has 1 amide bonds. The van der Waals surface area contributed by atoms with Crippen molar-refractivity contribution < 1.29 is 38.2 Å². The van der Waals surface area contributed by atoms with Gasteiger partial charge in [-0.3, -0.25) is 14.5 Å². The van der Waals surface area contributed by atoms with E-state index in [0.717, 1.165) is 0 Å². The molecule has 0 saturated carbocycles. The van der Waals surface area contributed by atoms with Crippen molar-refractivity contribution in [3.63, 3.8) is 0 Å². The quantitative estimate of drug-likeness (QED) is 0.307. The van der Waals surface area contributed by atoms with E-state index in [1.54, 1.807) is 37.3 Å². The molecule has 1 atom stereocenters. The van der Waals surface area contributed by atoms with Gasteiger partial charge in [-0.1, -0.05) is 5.16 Å². The van der Waals surface area contributed by atoms with Gasteiger partial charge in [0.15, 0.2) is 17.3 Å². The van der Waals surface area contributed by atoms with Gasteiger partial charge >= 0.3 is 5.91 Å². The molecular weight excluding hydrogens is 456 g/mol. The molecule has 1 N–H and O–H groups in total. The Morgan fingerprint density at radius 1 is 0.914 bits per heavy atom. The van der Waals surface area contributed by atoms with Gasteiger partial charge in [0.1, 0.15) is 29.1 Å². The number of ether oxygens (including phenoxy) is 4. The van der Waals surface area contributed by atoms with Crippen LogP contribution in [0.25, 0.3) is 5.76 Å². The standard InChI is InChI=1S/C25H24N2O8/c1-13-10-20(26-35-13)27-22(16-12-15(31-2)7-9-17(16)32-3)21(24(29)25(27)30)23(28)14-6-8-18(33-4)19(11-14)34-5/h6-12,22,28H,1-5H3. The number of carbonyl (C=O) groups is 2. The maximum absolute atomic E-state index is 13.3. The number of aliphatic hydroxyl groups is 1. The van der Waals surface area contributed by atoms with Crippen molar-refractivity contribution in [1.82, 2.24) is 5.16 Å². The minimum atomic E-state index is -1.09. The molecule has 0 spiro atoms. The van der Waals surface area contributed by atoms with Crippen molar-refractivity contribution in [2.45, 2.75) is 13.0 Å². The number of anilines is 1. The van der Waals surface area contributed by atoms with Crippen LogP contribution in [0.1, 0.15) is 22.9 Å². The zero-order chi connectivity index (χ0) is 25.3. The van der Waals surface area contributed by atoms with Crippen molar-refractivity contribution in [2.24, 2.45) is 0 Å². The highest BCUT2D eigenvalue weighted by Gasteiger charge is 2.49. The van der Waals surface area contributed by atoms with Gasteiger partial charge in [-0.25, -0.2) is 0 Å². The number of rotatable bonds is 7. The van der Waals surface area contributed by atoms with Gasteiger partial charge in [-0.15, -0.1) is 0 Å². The summed E-state index contributed by atoms with van der Waals surface area (Å²) in [4.78, 5) is 27.8. The van der Waals surface area contributed by atoms with Crippen LogP contribution in [0.2, 0.25) is 0 Å². The second-order valence-corrected chi connectivity index (χ2v) is 7.64. The van der Waals surface area contributed by atoms with Gasteiger partial charge in [-0.05, 0) is 43.3 Å². The average molecular weight is 480 g/mol. The molecule has 1 unspecified atom stereocenters. The van der Waals surface area contributed by atoms with E-state index in [1.165, 1.54) is 45.5 Å². The second-order valence-electron chi connectivity index (χ2n) is 7.64. The van der Waals surface area contributed by atoms with Crippen molar-refractivity contribution in [2.75, 3.05) is 33.3 Å². The number of ketones is 1. The summed E-state index contributed by atoms with van der Waals surface area (Å²) in [5.74, 6) is 0.00542. The largest absolute Gasteiger partial charge is 0.507 e. The minimum Gasteiger partial charge on any atom is -0.507 e. The molecule has 10 heteroatoms. The number of aliphatic hydroxyl groups excluding tert-OH is 1. The molecule has 2 aromatic carbocycles.